The highest BCUT2D eigenvalue weighted by molar-refractivity contribution is 6.42. The van der Waals surface area contributed by atoms with E-state index in [0.717, 1.165) is 52.4 Å². The summed E-state index contributed by atoms with van der Waals surface area (Å²) in [4.78, 5) is 13.0. The molecule has 1 aromatic heterocycles. The first-order valence-electron chi connectivity index (χ1n) is 9.67. The lowest BCUT2D eigenvalue weighted by molar-refractivity contribution is -0.116. The fourth-order valence-electron chi connectivity index (χ4n) is 4.40. The number of carbonyl (C=O) groups is 1. The summed E-state index contributed by atoms with van der Waals surface area (Å²) < 4.78 is 1.93. The molecule has 1 aliphatic heterocycles. The Morgan fingerprint density at radius 1 is 1.07 bits per heavy atom. The highest BCUT2D eigenvalue weighted by Gasteiger charge is 2.38. The topological polar surface area (TPSA) is 46.9 Å². The van der Waals surface area contributed by atoms with Crippen molar-refractivity contribution in [2.45, 2.75) is 32.1 Å². The van der Waals surface area contributed by atoms with Crippen molar-refractivity contribution in [3.63, 3.8) is 0 Å². The molecule has 0 spiro atoms. The van der Waals surface area contributed by atoms with E-state index in [0.29, 0.717) is 16.5 Å². The molecule has 1 atom stereocenters. The number of halogens is 2. The molecule has 146 valence electrons. The summed E-state index contributed by atoms with van der Waals surface area (Å²) in [7, 11) is 0. The molecule has 1 N–H and O–H groups in total. The average molecular weight is 424 g/mol. The van der Waals surface area contributed by atoms with Crippen molar-refractivity contribution >= 4 is 34.8 Å². The molecule has 0 radical (unpaired) electrons. The first-order valence-corrected chi connectivity index (χ1v) is 10.4. The number of hydrogen-bond donors (Lipinski definition) is 1. The van der Waals surface area contributed by atoms with Crippen LogP contribution in [0.5, 0.6) is 0 Å². The highest BCUT2D eigenvalue weighted by atomic mass is 35.5. The summed E-state index contributed by atoms with van der Waals surface area (Å²) in [5, 5.41) is 9.36. The number of rotatable bonds is 2. The number of nitrogens with one attached hydrogen (secondary N) is 1. The van der Waals surface area contributed by atoms with Gasteiger partial charge in [-0.1, -0.05) is 47.5 Å². The van der Waals surface area contributed by atoms with Crippen molar-refractivity contribution in [3.8, 4) is 5.69 Å². The quantitative estimate of drug-likeness (QED) is 0.545. The molecule has 6 heteroatoms. The Morgan fingerprint density at radius 2 is 1.86 bits per heavy atom. The van der Waals surface area contributed by atoms with E-state index in [1.54, 1.807) is 6.07 Å². The summed E-state index contributed by atoms with van der Waals surface area (Å²) in [6.45, 7) is 1.99. The minimum absolute atomic E-state index is 0.187. The summed E-state index contributed by atoms with van der Waals surface area (Å²) in [5.74, 6) is 0.895. The standard InChI is InChI=1S/C23H19Cl2N3O/c1-13-20-21(14-10-11-16(24)17(25)12-14)22-18(8-5-9-19(22)29)26-23(20)28(27-13)15-6-3-2-4-7-15/h2-4,6-7,10-12,21,26H,5,8-9H2,1H3/t21-/m0/s1. The number of para-hydroxylation sites is 1. The number of carbonyl (C=O) groups excluding carboxylic acids is 1. The fourth-order valence-corrected chi connectivity index (χ4v) is 4.71. The first kappa shape index (κ1) is 18.5. The number of allylic oxidation sites excluding steroid dienone is 2. The van der Waals surface area contributed by atoms with Crippen LogP contribution in [0.1, 0.15) is 42.0 Å². The second-order valence-electron chi connectivity index (χ2n) is 7.50. The average Bonchev–Trinajstić information content (AvgIpc) is 3.06. The van der Waals surface area contributed by atoms with Crippen molar-refractivity contribution in [3.05, 3.63) is 86.7 Å². The molecule has 3 aromatic rings. The van der Waals surface area contributed by atoms with Gasteiger partial charge < -0.3 is 5.32 Å². The van der Waals surface area contributed by atoms with Crippen LogP contribution in [0.25, 0.3) is 5.69 Å². The number of fused-ring (bicyclic) bond motifs is 1. The normalized spacial score (nSPS) is 18.3. The summed E-state index contributed by atoms with van der Waals surface area (Å²) in [5.41, 5.74) is 5.65. The van der Waals surface area contributed by atoms with Crippen LogP contribution in [-0.4, -0.2) is 15.6 Å². The van der Waals surface area contributed by atoms with Crippen LogP contribution < -0.4 is 5.32 Å². The van der Waals surface area contributed by atoms with E-state index in [2.05, 4.69) is 5.32 Å². The van der Waals surface area contributed by atoms with Crippen molar-refractivity contribution in [2.75, 3.05) is 5.32 Å². The Labute approximate surface area is 179 Å². The van der Waals surface area contributed by atoms with E-state index in [1.807, 2.05) is 54.1 Å². The molecule has 4 nitrogen and oxygen atoms in total. The molecule has 0 saturated heterocycles. The number of benzene rings is 2. The number of anilines is 1. The molecule has 2 heterocycles. The molecule has 0 saturated carbocycles. The second kappa shape index (κ2) is 7.05. The zero-order valence-corrected chi connectivity index (χ0v) is 17.4. The molecule has 2 aliphatic rings. The van der Waals surface area contributed by atoms with Crippen LogP contribution in [0.4, 0.5) is 5.82 Å². The van der Waals surface area contributed by atoms with Gasteiger partial charge in [0.2, 0.25) is 0 Å². The Bertz CT molecular complexity index is 1160. The smallest absolute Gasteiger partial charge is 0.161 e. The van der Waals surface area contributed by atoms with Gasteiger partial charge in [-0.05, 0) is 49.6 Å². The van der Waals surface area contributed by atoms with Crippen molar-refractivity contribution < 1.29 is 4.79 Å². The molecule has 5 rings (SSSR count). The number of Topliss-reactive ketones (excluding diaryl/α,β-unsaturated/α-hetero) is 1. The second-order valence-corrected chi connectivity index (χ2v) is 8.31. The maximum Gasteiger partial charge on any atom is 0.161 e. The van der Waals surface area contributed by atoms with Crippen LogP contribution in [-0.2, 0) is 4.79 Å². The van der Waals surface area contributed by atoms with Crippen molar-refractivity contribution in [1.29, 1.82) is 0 Å². The largest absolute Gasteiger partial charge is 0.343 e. The molecule has 0 amide bonds. The van der Waals surface area contributed by atoms with Crippen LogP contribution in [0, 0.1) is 6.92 Å². The third kappa shape index (κ3) is 2.98. The van der Waals surface area contributed by atoms with Crippen LogP contribution in [0.15, 0.2) is 59.8 Å². The maximum absolute atomic E-state index is 13.0. The van der Waals surface area contributed by atoms with Crippen molar-refractivity contribution in [1.82, 2.24) is 9.78 Å². The SMILES string of the molecule is Cc1nn(-c2ccccc2)c2c1[C@H](c1ccc(Cl)c(Cl)c1)C1=C(CCCC1=O)N2. The predicted molar refractivity (Wildman–Crippen MR) is 116 cm³/mol. The number of aromatic nitrogens is 2. The van der Waals surface area contributed by atoms with Crippen LogP contribution in [0.3, 0.4) is 0 Å². The Hall–Kier alpha value is -2.56. The summed E-state index contributed by atoms with van der Waals surface area (Å²) in [6, 6.07) is 15.6. The number of aryl methyl sites for hydroxylation is 1. The third-order valence-electron chi connectivity index (χ3n) is 5.69. The van der Waals surface area contributed by atoms with Crippen LogP contribution in [0.2, 0.25) is 10.0 Å². The van der Waals surface area contributed by atoms with Gasteiger partial charge in [-0.15, -0.1) is 0 Å². The zero-order valence-electron chi connectivity index (χ0n) is 15.9. The van der Waals surface area contributed by atoms with Gasteiger partial charge in [-0.25, -0.2) is 4.68 Å². The van der Waals surface area contributed by atoms with Gasteiger partial charge in [0, 0.05) is 29.2 Å². The molecule has 0 bridgehead atoms. The van der Waals surface area contributed by atoms with Gasteiger partial charge in [0.25, 0.3) is 0 Å². The molecular weight excluding hydrogens is 405 g/mol. The number of ketones is 1. The molecule has 29 heavy (non-hydrogen) atoms. The van der Waals surface area contributed by atoms with E-state index < -0.39 is 0 Å². The maximum atomic E-state index is 13.0. The van der Waals surface area contributed by atoms with E-state index in [1.165, 1.54) is 0 Å². The van der Waals surface area contributed by atoms with Gasteiger partial charge >= 0.3 is 0 Å². The fraction of sp³-hybridized carbons (Fsp3) is 0.217. The van der Waals surface area contributed by atoms with Crippen molar-refractivity contribution in [2.24, 2.45) is 0 Å². The van der Waals surface area contributed by atoms with Gasteiger partial charge in [0.05, 0.1) is 21.4 Å². The van der Waals surface area contributed by atoms with Gasteiger partial charge in [0.15, 0.2) is 5.78 Å². The van der Waals surface area contributed by atoms with E-state index in [4.69, 9.17) is 28.3 Å². The minimum atomic E-state index is -0.207. The van der Waals surface area contributed by atoms with E-state index in [9.17, 15) is 4.79 Å². The van der Waals surface area contributed by atoms with Crippen LogP contribution >= 0.6 is 23.2 Å². The lowest BCUT2D eigenvalue weighted by atomic mass is 9.76. The molecule has 2 aromatic carbocycles. The Kier molecular flexibility index (Phi) is 4.49. The van der Waals surface area contributed by atoms with Gasteiger partial charge in [-0.2, -0.15) is 5.10 Å². The van der Waals surface area contributed by atoms with E-state index >= 15 is 0 Å². The first-order chi connectivity index (χ1) is 14.0. The molecule has 0 fully saturated rings. The molecule has 1 aliphatic carbocycles. The molecular formula is C23H19Cl2N3O. The Balaban J connectivity index is 1.76. The lowest BCUT2D eigenvalue weighted by Crippen LogP contribution is -2.27. The predicted octanol–water partition coefficient (Wildman–Crippen LogP) is 6.05. The number of hydrogen-bond acceptors (Lipinski definition) is 3. The van der Waals surface area contributed by atoms with Gasteiger partial charge in [0.1, 0.15) is 5.82 Å². The zero-order chi connectivity index (χ0) is 20.1. The molecule has 0 unspecified atom stereocenters. The van der Waals surface area contributed by atoms with Gasteiger partial charge in [-0.3, -0.25) is 4.79 Å². The third-order valence-corrected chi connectivity index (χ3v) is 6.43. The monoisotopic (exact) mass is 423 g/mol. The summed E-state index contributed by atoms with van der Waals surface area (Å²) in [6.07, 6.45) is 2.27. The highest BCUT2D eigenvalue weighted by Crippen LogP contribution is 2.47. The van der Waals surface area contributed by atoms with E-state index in [-0.39, 0.29) is 11.7 Å². The minimum Gasteiger partial charge on any atom is -0.343 e. The number of nitrogens with zero attached hydrogens (tertiary/aromatic N) is 2. The lowest BCUT2D eigenvalue weighted by Gasteiger charge is -2.33. The Morgan fingerprint density at radius 3 is 2.62 bits per heavy atom. The summed E-state index contributed by atoms with van der Waals surface area (Å²) >= 11 is 12.5.